The van der Waals surface area contributed by atoms with E-state index in [4.69, 9.17) is 15.2 Å². The number of ether oxygens (including phenoxy) is 2. The Morgan fingerprint density at radius 1 is 1.14 bits per heavy atom. The molecule has 1 aliphatic heterocycles. The molecule has 2 heterocycles. The van der Waals surface area contributed by atoms with E-state index >= 15 is 0 Å². The summed E-state index contributed by atoms with van der Waals surface area (Å²) in [4.78, 5) is 13.5. The molecular formula is C25H32FN7O2. The van der Waals surface area contributed by atoms with Crippen molar-refractivity contribution in [3.63, 3.8) is 0 Å². The van der Waals surface area contributed by atoms with Gasteiger partial charge in [-0.05, 0) is 43.5 Å². The van der Waals surface area contributed by atoms with Crippen LogP contribution < -0.4 is 31.2 Å². The van der Waals surface area contributed by atoms with Crippen molar-refractivity contribution in [2.45, 2.75) is 44.4 Å². The van der Waals surface area contributed by atoms with E-state index in [1.54, 1.807) is 6.07 Å². The van der Waals surface area contributed by atoms with Crippen LogP contribution in [0.4, 0.5) is 22.0 Å². The second kappa shape index (κ2) is 11.8. The van der Waals surface area contributed by atoms with E-state index in [1.807, 2.05) is 30.3 Å². The quantitative estimate of drug-likeness (QED) is 0.324. The molecule has 35 heavy (non-hydrogen) atoms. The third-order valence-corrected chi connectivity index (χ3v) is 5.99. The van der Waals surface area contributed by atoms with Crippen molar-refractivity contribution in [3.05, 3.63) is 59.9 Å². The highest BCUT2D eigenvalue weighted by molar-refractivity contribution is 5.56. The lowest BCUT2D eigenvalue weighted by atomic mass is 10.0. The molecule has 9 nitrogen and oxygen atoms in total. The van der Waals surface area contributed by atoms with E-state index in [1.165, 1.54) is 19.2 Å². The number of benzene rings is 2. The topological polar surface area (TPSA) is 119 Å². The molecule has 5 N–H and O–H groups in total. The maximum atomic E-state index is 14.2. The van der Waals surface area contributed by atoms with Crippen LogP contribution in [0.25, 0.3) is 0 Å². The van der Waals surface area contributed by atoms with Crippen molar-refractivity contribution in [2.24, 2.45) is 5.73 Å². The second-order valence-electron chi connectivity index (χ2n) is 8.35. The zero-order valence-electron chi connectivity index (χ0n) is 20.0. The van der Waals surface area contributed by atoms with Gasteiger partial charge in [-0.25, -0.2) is 4.39 Å². The minimum absolute atomic E-state index is 0.118. The third-order valence-electron chi connectivity index (χ3n) is 5.99. The van der Waals surface area contributed by atoms with Crippen molar-refractivity contribution in [1.29, 1.82) is 0 Å². The molecule has 3 aromatic rings. The molecule has 10 heteroatoms. The average Bonchev–Trinajstić information content (AvgIpc) is 3.41. The van der Waals surface area contributed by atoms with Gasteiger partial charge in [0.05, 0.1) is 7.11 Å². The van der Waals surface area contributed by atoms with Crippen LogP contribution in [0.1, 0.15) is 37.9 Å². The number of nitrogens with two attached hydrogens (primary N) is 1. The monoisotopic (exact) mass is 481 g/mol. The molecule has 186 valence electrons. The van der Waals surface area contributed by atoms with Crippen LogP contribution in [0.2, 0.25) is 0 Å². The fraction of sp³-hybridized carbons (Fsp3) is 0.400. The van der Waals surface area contributed by atoms with Gasteiger partial charge in [-0.3, -0.25) is 0 Å². The lowest BCUT2D eigenvalue weighted by molar-refractivity contribution is 0.196. The van der Waals surface area contributed by atoms with E-state index in [-0.39, 0.29) is 30.3 Å². The zero-order chi connectivity index (χ0) is 24.6. The number of nitrogens with zero attached hydrogens (tertiary/aromatic N) is 3. The van der Waals surface area contributed by atoms with Gasteiger partial charge in [0.1, 0.15) is 6.10 Å². The van der Waals surface area contributed by atoms with E-state index in [2.05, 4.69) is 37.8 Å². The van der Waals surface area contributed by atoms with Crippen LogP contribution in [0.15, 0.2) is 48.5 Å². The van der Waals surface area contributed by atoms with Crippen LogP contribution in [0.3, 0.4) is 0 Å². The Labute approximate surface area is 204 Å². The molecule has 0 amide bonds. The number of hydrogen-bond acceptors (Lipinski definition) is 9. The molecule has 0 bridgehead atoms. The summed E-state index contributed by atoms with van der Waals surface area (Å²) in [6, 6.07) is 14.8. The zero-order valence-corrected chi connectivity index (χ0v) is 20.0. The Kier molecular flexibility index (Phi) is 8.27. The molecule has 1 saturated heterocycles. The molecule has 3 atom stereocenters. The lowest BCUT2D eigenvalue weighted by Crippen LogP contribution is -2.40. The number of hydrogen-bond donors (Lipinski definition) is 4. The fourth-order valence-corrected chi connectivity index (χ4v) is 4.16. The Morgan fingerprint density at radius 3 is 2.60 bits per heavy atom. The van der Waals surface area contributed by atoms with Gasteiger partial charge in [0.25, 0.3) is 0 Å². The van der Waals surface area contributed by atoms with Gasteiger partial charge in [0.15, 0.2) is 11.6 Å². The summed E-state index contributed by atoms with van der Waals surface area (Å²) in [7, 11) is 1.42. The number of nitrogens with one attached hydrogen (secondary N) is 3. The molecule has 1 fully saturated rings. The minimum Gasteiger partial charge on any atom is -0.494 e. The number of aromatic nitrogens is 3. The molecule has 0 spiro atoms. The standard InChI is InChI=1S/C25H32FN7O2/c1-3-19(20-10-7-13-28-20)30-24-31-23(29-17-11-12-21(34-2)18(26)14-17)32-25(33-24)35-22(15-27)16-8-5-4-6-9-16/h4-6,8-9,11-12,14,19-20,22,28H,3,7,10,13,15,27H2,1-2H3,(H2,29,30,31,32,33). The van der Waals surface area contributed by atoms with Crippen molar-refractivity contribution in [3.8, 4) is 11.8 Å². The predicted molar refractivity (Wildman–Crippen MR) is 134 cm³/mol. The molecule has 1 aliphatic rings. The van der Waals surface area contributed by atoms with Crippen molar-refractivity contribution in [1.82, 2.24) is 20.3 Å². The summed E-state index contributed by atoms with van der Waals surface area (Å²) in [6.45, 7) is 3.36. The van der Waals surface area contributed by atoms with Crippen molar-refractivity contribution < 1.29 is 13.9 Å². The second-order valence-corrected chi connectivity index (χ2v) is 8.35. The highest BCUT2D eigenvalue weighted by atomic mass is 19.1. The van der Waals surface area contributed by atoms with Crippen LogP contribution >= 0.6 is 0 Å². The predicted octanol–water partition coefficient (Wildman–Crippen LogP) is 3.78. The van der Waals surface area contributed by atoms with Gasteiger partial charge in [0.2, 0.25) is 11.9 Å². The summed E-state index contributed by atoms with van der Waals surface area (Å²) in [6.07, 6.45) is 2.68. The Bertz CT molecular complexity index is 1100. The molecule has 0 radical (unpaired) electrons. The van der Waals surface area contributed by atoms with E-state index in [0.717, 1.165) is 31.4 Å². The van der Waals surface area contributed by atoms with Crippen LogP contribution in [-0.2, 0) is 0 Å². The largest absolute Gasteiger partial charge is 0.494 e. The molecule has 3 unspecified atom stereocenters. The van der Waals surface area contributed by atoms with Crippen molar-refractivity contribution >= 4 is 17.6 Å². The molecular weight excluding hydrogens is 449 g/mol. The maximum Gasteiger partial charge on any atom is 0.323 e. The average molecular weight is 482 g/mol. The van der Waals surface area contributed by atoms with E-state index in [9.17, 15) is 4.39 Å². The first kappa shape index (κ1) is 24.6. The van der Waals surface area contributed by atoms with Gasteiger partial charge >= 0.3 is 6.01 Å². The first-order valence-corrected chi connectivity index (χ1v) is 11.9. The first-order chi connectivity index (χ1) is 17.1. The van der Waals surface area contributed by atoms with Gasteiger partial charge in [-0.15, -0.1) is 0 Å². The SMILES string of the molecule is CCC(Nc1nc(Nc2ccc(OC)c(F)c2)nc(OC(CN)c2ccccc2)n1)C1CCCN1. The van der Waals surface area contributed by atoms with Gasteiger partial charge in [0, 0.05) is 30.4 Å². The Balaban J connectivity index is 1.62. The molecule has 0 saturated carbocycles. The Hall–Kier alpha value is -3.50. The van der Waals surface area contributed by atoms with Gasteiger partial charge in [-0.2, -0.15) is 15.0 Å². The first-order valence-electron chi connectivity index (χ1n) is 11.9. The summed E-state index contributed by atoms with van der Waals surface area (Å²) in [5.74, 6) is 0.254. The van der Waals surface area contributed by atoms with Gasteiger partial charge < -0.3 is 31.2 Å². The molecule has 1 aromatic heterocycles. The highest BCUT2D eigenvalue weighted by Crippen LogP contribution is 2.25. The summed E-state index contributed by atoms with van der Waals surface area (Å²) >= 11 is 0. The lowest BCUT2D eigenvalue weighted by Gasteiger charge is -2.24. The summed E-state index contributed by atoms with van der Waals surface area (Å²) in [5.41, 5.74) is 7.37. The third kappa shape index (κ3) is 6.34. The van der Waals surface area contributed by atoms with E-state index < -0.39 is 11.9 Å². The summed E-state index contributed by atoms with van der Waals surface area (Å²) < 4.78 is 25.3. The van der Waals surface area contributed by atoms with Gasteiger partial charge in [-0.1, -0.05) is 37.3 Å². The number of anilines is 3. The molecule has 4 rings (SSSR count). The number of rotatable bonds is 11. The highest BCUT2D eigenvalue weighted by Gasteiger charge is 2.24. The van der Waals surface area contributed by atoms with E-state index in [0.29, 0.717) is 17.7 Å². The van der Waals surface area contributed by atoms with Crippen LogP contribution in [0, 0.1) is 5.82 Å². The molecule has 2 aromatic carbocycles. The normalized spacial score (nSPS) is 17.0. The summed E-state index contributed by atoms with van der Waals surface area (Å²) in [5, 5.41) is 10.00. The number of methoxy groups -OCH3 is 1. The van der Waals surface area contributed by atoms with Crippen molar-refractivity contribution in [2.75, 3.05) is 30.8 Å². The van der Waals surface area contributed by atoms with Crippen LogP contribution in [-0.4, -0.2) is 47.2 Å². The number of halogens is 1. The van der Waals surface area contributed by atoms with Crippen LogP contribution in [0.5, 0.6) is 11.8 Å². The minimum atomic E-state index is -0.494. The smallest absolute Gasteiger partial charge is 0.323 e. The molecule has 0 aliphatic carbocycles. The fourth-order valence-electron chi connectivity index (χ4n) is 4.16. The Morgan fingerprint density at radius 2 is 1.94 bits per heavy atom. The maximum absolute atomic E-state index is 14.2.